The number of carboxylic acids is 1. The summed E-state index contributed by atoms with van der Waals surface area (Å²) >= 11 is 1.35. The van der Waals surface area contributed by atoms with Crippen LogP contribution in [0.2, 0.25) is 0 Å². The quantitative estimate of drug-likeness (QED) is 0.553. The van der Waals surface area contributed by atoms with E-state index in [4.69, 9.17) is 5.73 Å². The Balaban J connectivity index is 1.70. The molecule has 9 heteroatoms. The average Bonchev–Trinajstić information content (AvgIpc) is 2.80. The number of fused-ring (bicyclic) bond motifs is 1. The molecule has 0 spiro atoms. The number of nitrogens with two attached hydrogens (primary N) is 1. The predicted octanol–water partition coefficient (Wildman–Crippen LogP) is 0.0237. The molecule has 0 aromatic heterocycles. The van der Waals surface area contributed by atoms with Crippen molar-refractivity contribution in [3.63, 3.8) is 0 Å². The molecular weight excluding hydrogens is 346 g/mol. The lowest BCUT2D eigenvalue weighted by atomic mass is 9.95. The molecule has 0 aliphatic carbocycles. The number of rotatable bonds is 4. The summed E-state index contributed by atoms with van der Waals surface area (Å²) in [5.74, 6) is -1.94. The number of hydrogen-bond donors (Lipinski definition) is 4. The van der Waals surface area contributed by atoms with Gasteiger partial charge in [0.1, 0.15) is 29.2 Å². The number of carbonyl (C=O) groups excluding carboxylic acids is 2. The Labute approximate surface area is 148 Å². The highest BCUT2D eigenvalue weighted by Crippen LogP contribution is 2.50. The van der Waals surface area contributed by atoms with Gasteiger partial charge in [0.15, 0.2) is 0 Å². The summed E-state index contributed by atoms with van der Waals surface area (Å²) in [6.07, 6.45) is 0. The van der Waals surface area contributed by atoms with Crippen LogP contribution in [0.5, 0.6) is 5.75 Å². The molecule has 1 aromatic carbocycles. The van der Waals surface area contributed by atoms with Crippen molar-refractivity contribution in [1.82, 2.24) is 10.2 Å². The van der Waals surface area contributed by atoms with Crippen LogP contribution in [0.15, 0.2) is 24.3 Å². The van der Waals surface area contributed by atoms with Gasteiger partial charge in [-0.25, -0.2) is 4.79 Å². The third-order valence-corrected chi connectivity index (χ3v) is 6.08. The van der Waals surface area contributed by atoms with E-state index in [1.54, 1.807) is 13.8 Å². The fourth-order valence-corrected chi connectivity index (χ4v) is 4.85. The van der Waals surface area contributed by atoms with Gasteiger partial charge in [0.05, 0.1) is 0 Å². The number of amides is 2. The Hall–Kier alpha value is -2.26. The van der Waals surface area contributed by atoms with Crippen LogP contribution in [-0.4, -0.2) is 55.1 Å². The Morgan fingerprint density at radius 1 is 1.32 bits per heavy atom. The fraction of sp³-hybridized carbons (Fsp3) is 0.438. The number of nitrogens with zero attached hydrogens (tertiary/aromatic N) is 1. The predicted molar refractivity (Wildman–Crippen MR) is 90.7 cm³/mol. The van der Waals surface area contributed by atoms with Gasteiger partial charge < -0.3 is 26.2 Å². The number of hydrogen-bond acceptors (Lipinski definition) is 6. The molecule has 2 saturated heterocycles. The number of thioether (sulfide) groups is 1. The molecule has 0 radical (unpaired) electrons. The van der Waals surface area contributed by atoms with Crippen molar-refractivity contribution in [3.05, 3.63) is 29.8 Å². The maximum absolute atomic E-state index is 12.3. The van der Waals surface area contributed by atoms with Gasteiger partial charge in [-0.1, -0.05) is 12.1 Å². The standard InChI is InChI=1S/C16H19N3O5S/c1-16(2)11(15(23)24)19-13(22)10(14(19)25-16)18-12(21)9(17)7-3-5-8(20)6-4-7/h3-6,9-11,14,20H,17H2,1-2H3,(H,18,21)(H,23,24)/t9?,10?,11?,14-/m1/s1. The molecule has 25 heavy (non-hydrogen) atoms. The smallest absolute Gasteiger partial charge is 0.327 e. The van der Waals surface area contributed by atoms with E-state index in [-0.39, 0.29) is 5.75 Å². The molecule has 4 atom stereocenters. The molecular formula is C16H19N3O5S. The molecule has 8 nitrogen and oxygen atoms in total. The first-order valence-electron chi connectivity index (χ1n) is 7.71. The highest BCUT2D eigenvalue weighted by atomic mass is 32.2. The van der Waals surface area contributed by atoms with E-state index >= 15 is 0 Å². The molecule has 2 fully saturated rings. The number of phenols is 1. The Morgan fingerprint density at radius 3 is 2.48 bits per heavy atom. The molecule has 2 aliphatic rings. The first kappa shape index (κ1) is 17.6. The van der Waals surface area contributed by atoms with Gasteiger partial charge in [0.2, 0.25) is 11.8 Å². The second kappa shape index (κ2) is 5.92. The second-order valence-electron chi connectivity index (χ2n) is 6.65. The molecule has 2 heterocycles. The summed E-state index contributed by atoms with van der Waals surface area (Å²) in [7, 11) is 0. The molecule has 3 rings (SSSR count). The van der Waals surface area contributed by atoms with Crippen molar-refractivity contribution in [2.45, 2.75) is 42.1 Å². The van der Waals surface area contributed by atoms with E-state index in [1.807, 2.05) is 0 Å². The molecule has 1 aromatic rings. The third-order valence-electron chi connectivity index (χ3n) is 4.51. The first-order chi connectivity index (χ1) is 11.6. The van der Waals surface area contributed by atoms with E-state index in [0.29, 0.717) is 5.56 Å². The normalized spacial score (nSPS) is 28.0. The van der Waals surface area contributed by atoms with E-state index < -0.39 is 46.0 Å². The fourth-order valence-electron chi connectivity index (χ4n) is 3.22. The van der Waals surface area contributed by atoms with Gasteiger partial charge in [-0.05, 0) is 31.5 Å². The number of nitrogens with one attached hydrogen (secondary N) is 1. The first-order valence-corrected chi connectivity index (χ1v) is 8.59. The van der Waals surface area contributed by atoms with Gasteiger partial charge in [-0.15, -0.1) is 11.8 Å². The maximum atomic E-state index is 12.3. The third kappa shape index (κ3) is 2.83. The number of aromatic hydroxyl groups is 1. The average molecular weight is 365 g/mol. The number of carbonyl (C=O) groups is 3. The Kier molecular flexibility index (Phi) is 4.16. The Bertz CT molecular complexity index is 736. The number of phenolic OH excluding ortho intramolecular Hbond substituents is 1. The van der Waals surface area contributed by atoms with Gasteiger partial charge in [-0.3, -0.25) is 9.59 Å². The summed E-state index contributed by atoms with van der Waals surface area (Å²) in [5.41, 5.74) is 6.41. The van der Waals surface area contributed by atoms with Crippen molar-refractivity contribution in [2.75, 3.05) is 0 Å². The van der Waals surface area contributed by atoms with Crippen LogP contribution in [0, 0.1) is 0 Å². The van der Waals surface area contributed by atoms with E-state index in [2.05, 4.69) is 5.32 Å². The van der Waals surface area contributed by atoms with Crippen molar-refractivity contribution in [3.8, 4) is 5.75 Å². The van der Waals surface area contributed by atoms with Crippen molar-refractivity contribution in [2.24, 2.45) is 5.73 Å². The highest BCUT2D eigenvalue weighted by molar-refractivity contribution is 8.01. The lowest BCUT2D eigenvalue weighted by Gasteiger charge is -2.43. The summed E-state index contributed by atoms with van der Waals surface area (Å²) in [6, 6.07) is 3.21. The summed E-state index contributed by atoms with van der Waals surface area (Å²) < 4.78 is -0.648. The molecule has 3 unspecified atom stereocenters. The summed E-state index contributed by atoms with van der Waals surface area (Å²) in [5, 5.41) is 20.9. The number of carboxylic acid groups (broad SMARTS) is 1. The second-order valence-corrected chi connectivity index (χ2v) is 8.42. The Morgan fingerprint density at radius 2 is 1.92 bits per heavy atom. The van der Waals surface area contributed by atoms with E-state index in [9.17, 15) is 24.6 Å². The van der Waals surface area contributed by atoms with Crippen molar-refractivity contribution < 1.29 is 24.6 Å². The van der Waals surface area contributed by atoms with Crippen LogP contribution in [0.4, 0.5) is 0 Å². The van der Waals surface area contributed by atoms with Gasteiger partial charge in [0, 0.05) is 4.75 Å². The lowest BCUT2D eigenvalue weighted by molar-refractivity contribution is -0.161. The highest BCUT2D eigenvalue weighted by Gasteiger charge is 2.64. The minimum Gasteiger partial charge on any atom is -0.508 e. The molecule has 2 amide bonds. The zero-order valence-corrected chi connectivity index (χ0v) is 14.5. The molecule has 0 saturated carbocycles. The van der Waals surface area contributed by atoms with Crippen LogP contribution in [0.1, 0.15) is 25.5 Å². The van der Waals surface area contributed by atoms with Gasteiger partial charge >= 0.3 is 5.97 Å². The minimum atomic E-state index is -1.06. The van der Waals surface area contributed by atoms with E-state index in [0.717, 1.165) is 0 Å². The molecule has 0 bridgehead atoms. The van der Waals surface area contributed by atoms with Gasteiger partial charge in [0.25, 0.3) is 0 Å². The maximum Gasteiger partial charge on any atom is 0.327 e. The number of aliphatic carboxylic acids is 1. The van der Waals surface area contributed by atoms with Crippen LogP contribution in [0.3, 0.4) is 0 Å². The topological polar surface area (TPSA) is 133 Å². The summed E-state index contributed by atoms with van der Waals surface area (Å²) in [6.45, 7) is 3.53. The minimum absolute atomic E-state index is 0.0606. The van der Waals surface area contributed by atoms with Crippen LogP contribution in [-0.2, 0) is 14.4 Å². The molecule has 134 valence electrons. The van der Waals surface area contributed by atoms with Crippen molar-refractivity contribution in [1.29, 1.82) is 0 Å². The monoisotopic (exact) mass is 365 g/mol. The SMILES string of the molecule is CC1(C)S[C@@H]2C(NC(=O)C(N)c3ccc(O)cc3)C(=O)N2C1C(=O)O. The van der Waals surface area contributed by atoms with Crippen LogP contribution >= 0.6 is 11.8 Å². The molecule has 2 aliphatic heterocycles. The van der Waals surface area contributed by atoms with E-state index in [1.165, 1.54) is 40.9 Å². The van der Waals surface area contributed by atoms with Crippen LogP contribution < -0.4 is 11.1 Å². The van der Waals surface area contributed by atoms with Gasteiger partial charge in [-0.2, -0.15) is 0 Å². The number of β-lactam (4-membered cyclic amide) rings is 1. The number of benzene rings is 1. The zero-order valence-electron chi connectivity index (χ0n) is 13.7. The zero-order chi connectivity index (χ0) is 18.5. The van der Waals surface area contributed by atoms with Crippen LogP contribution in [0.25, 0.3) is 0 Å². The lowest BCUT2D eigenvalue weighted by Crippen LogP contribution is -2.71. The summed E-state index contributed by atoms with van der Waals surface area (Å²) in [4.78, 5) is 37.5. The molecule has 5 N–H and O–H groups in total. The largest absolute Gasteiger partial charge is 0.508 e. The van der Waals surface area contributed by atoms with Crippen molar-refractivity contribution >= 4 is 29.5 Å².